The second-order valence-electron chi connectivity index (χ2n) is 4.24. The van der Waals surface area contributed by atoms with Crippen molar-refractivity contribution in [2.45, 2.75) is 13.2 Å². The molecule has 1 N–H and O–H groups in total. The third kappa shape index (κ3) is 3.28. The van der Waals surface area contributed by atoms with Gasteiger partial charge in [-0.3, -0.25) is 0 Å². The Labute approximate surface area is 117 Å². The summed E-state index contributed by atoms with van der Waals surface area (Å²) in [6.07, 6.45) is 0. The van der Waals surface area contributed by atoms with E-state index >= 15 is 0 Å². The topological polar surface area (TPSA) is 62.5 Å². The predicted octanol–water partition coefficient (Wildman–Crippen LogP) is 2.64. The molecule has 0 aromatic heterocycles. The number of benzene rings is 2. The molecule has 2 aromatic carbocycles. The number of aliphatic hydroxyl groups excluding tert-OH is 1. The van der Waals surface area contributed by atoms with Gasteiger partial charge in [0.1, 0.15) is 24.2 Å². The van der Waals surface area contributed by atoms with Crippen LogP contribution >= 0.6 is 0 Å². The van der Waals surface area contributed by atoms with Gasteiger partial charge in [0.25, 0.3) is 0 Å². The number of ether oxygens (including phenoxy) is 2. The van der Waals surface area contributed by atoms with Gasteiger partial charge in [-0.05, 0) is 35.4 Å². The molecular formula is C16H15NO3. The molecule has 0 radical (unpaired) electrons. The molecule has 4 nitrogen and oxygen atoms in total. The Balaban J connectivity index is 2.05. The van der Waals surface area contributed by atoms with E-state index in [4.69, 9.17) is 19.8 Å². The molecular weight excluding hydrogens is 254 g/mol. The van der Waals surface area contributed by atoms with Gasteiger partial charge < -0.3 is 14.6 Å². The van der Waals surface area contributed by atoms with Crippen molar-refractivity contribution in [3.05, 3.63) is 59.2 Å². The summed E-state index contributed by atoms with van der Waals surface area (Å²) >= 11 is 0. The van der Waals surface area contributed by atoms with Gasteiger partial charge >= 0.3 is 0 Å². The van der Waals surface area contributed by atoms with Gasteiger partial charge in [-0.2, -0.15) is 5.26 Å². The highest BCUT2D eigenvalue weighted by molar-refractivity contribution is 5.45. The van der Waals surface area contributed by atoms with E-state index in [1.54, 1.807) is 24.3 Å². The fourth-order valence-electron chi connectivity index (χ4n) is 1.79. The van der Waals surface area contributed by atoms with Crippen LogP contribution in [0.3, 0.4) is 0 Å². The summed E-state index contributed by atoms with van der Waals surface area (Å²) in [5.41, 5.74) is 2.23. The zero-order chi connectivity index (χ0) is 14.4. The third-order valence-electron chi connectivity index (χ3n) is 2.90. The molecule has 2 rings (SSSR count). The van der Waals surface area contributed by atoms with E-state index in [1.807, 2.05) is 18.2 Å². The second kappa shape index (κ2) is 6.60. The summed E-state index contributed by atoms with van der Waals surface area (Å²) < 4.78 is 10.7. The van der Waals surface area contributed by atoms with Crippen LogP contribution in [-0.4, -0.2) is 12.2 Å². The van der Waals surface area contributed by atoms with Crippen molar-refractivity contribution in [1.82, 2.24) is 0 Å². The predicted molar refractivity (Wildman–Crippen MR) is 74.4 cm³/mol. The highest BCUT2D eigenvalue weighted by Crippen LogP contribution is 2.20. The van der Waals surface area contributed by atoms with Crippen LogP contribution < -0.4 is 9.47 Å². The molecule has 0 saturated carbocycles. The third-order valence-corrected chi connectivity index (χ3v) is 2.90. The normalized spacial score (nSPS) is 9.85. The first-order valence-electron chi connectivity index (χ1n) is 6.16. The SMILES string of the molecule is COc1ccc(COc2ccc(CO)cc2)cc1C#N. The maximum atomic E-state index is 9.02. The average Bonchev–Trinajstić information content (AvgIpc) is 2.53. The fraction of sp³-hybridized carbons (Fsp3) is 0.188. The molecule has 4 heteroatoms. The quantitative estimate of drug-likeness (QED) is 0.906. The Morgan fingerprint density at radius 2 is 1.80 bits per heavy atom. The summed E-state index contributed by atoms with van der Waals surface area (Å²) in [5.74, 6) is 1.28. The molecule has 0 amide bonds. The molecule has 0 bridgehead atoms. The van der Waals surface area contributed by atoms with E-state index in [2.05, 4.69) is 6.07 Å². The second-order valence-corrected chi connectivity index (χ2v) is 4.24. The van der Waals surface area contributed by atoms with Crippen molar-refractivity contribution in [3.8, 4) is 17.6 Å². The van der Waals surface area contributed by atoms with Gasteiger partial charge in [-0.25, -0.2) is 0 Å². The molecule has 0 saturated heterocycles. The highest BCUT2D eigenvalue weighted by Gasteiger charge is 2.04. The van der Waals surface area contributed by atoms with Crippen LogP contribution in [0.5, 0.6) is 11.5 Å². The highest BCUT2D eigenvalue weighted by atomic mass is 16.5. The number of nitriles is 1. The maximum Gasteiger partial charge on any atom is 0.136 e. The summed E-state index contributed by atoms with van der Waals surface area (Å²) in [5, 5.41) is 18.0. The molecule has 0 aliphatic rings. The molecule has 0 spiro atoms. The molecule has 102 valence electrons. The van der Waals surface area contributed by atoms with Crippen LogP contribution in [0, 0.1) is 11.3 Å². The van der Waals surface area contributed by atoms with E-state index in [0.717, 1.165) is 16.9 Å². The van der Waals surface area contributed by atoms with Gasteiger partial charge in [-0.1, -0.05) is 18.2 Å². The number of hydrogen-bond acceptors (Lipinski definition) is 4. The number of methoxy groups -OCH3 is 1. The lowest BCUT2D eigenvalue weighted by atomic mass is 10.1. The van der Waals surface area contributed by atoms with Gasteiger partial charge in [0.05, 0.1) is 19.3 Å². The van der Waals surface area contributed by atoms with E-state index in [9.17, 15) is 0 Å². The molecule has 2 aromatic rings. The van der Waals surface area contributed by atoms with Crippen LogP contribution in [0.2, 0.25) is 0 Å². The van der Waals surface area contributed by atoms with Gasteiger partial charge in [0, 0.05) is 0 Å². The number of nitrogens with zero attached hydrogens (tertiary/aromatic N) is 1. The lowest BCUT2D eigenvalue weighted by Gasteiger charge is -2.08. The molecule has 0 aliphatic heterocycles. The molecule has 0 aliphatic carbocycles. The van der Waals surface area contributed by atoms with Crippen LogP contribution in [-0.2, 0) is 13.2 Å². The summed E-state index contributed by atoms with van der Waals surface area (Å²) in [7, 11) is 1.54. The minimum absolute atomic E-state index is 0.0181. The van der Waals surface area contributed by atoms with Crippen molar-refractivity contribution in [1.29, 1.82) is 5.26 Å². The Kier molecular flexibility index (Phi) is 4.59. The minimum atomic E-state index is 0.0181. The van der Waals surface area contributed by atoms with Gasteiger partial charge in [0.15, 0.2) is 0 Å². The number of hydrogen-bond donors (Lipinski definition) is 1. The van der Waals surface area contributed by atoms with Crippen molar-refractivity contribution < 1.29 is 14.6 Å². The monoisotopic (exact) mass is 269 g/mol. The van der Waals surface area contributed by atoms with Gasteiger partial charge in [0.2, 0.25) is 0 Å². The Morgan fingerprint density at radius 1 is 1.10 bits per heavy atom. The molecule has 0 heterocycles. The first kappa shape index (κ1) is 13.9. The van der Waals surface area contributed by atoms with Crippen molar-refractivity contribution >= 4 is 0 Å². The van der Waals surface area contributed by atoms with E-state index in [0.29, 0.717) is 17.9 Å². The summed E-state index contributed by atoms with van der Waals surface area (Å²) in [6, 6.07) is 14.7. The molecule has 0 fully saturated rings. The maximum absolute atomic E-state index is 9.02. The zero-order valence-electron chi connectivity index (χ0n) is 11.2. The average molecular weight is 269 g/mol. The Hall–Kier alpha value is -2.51. The number of aliphatic hydroxyl groups is 1. The Bertz CT molecular complexity index is 615. The van der Waals surface area contributed by atoms with E-state index < -0.39 is 0 Å². The molecule has 0 unspecified atom stereocenters. The first-order chi connectivity index (χ1) is 9.76. The van der Waals surface area contributed by atoms with Crippen LogP contribution in [0.15, 0.2) is 42.5 Å². The van der Waals surface area contributed by atoms with E-state index in [-0.39, 0.29) is 6.61 Å². The van der Waals surface area contributed by atoms with Crippen LogP contribution in [0.1, 0.15) is 16.7 Å². The molecule has 20 heavy (non-hydrogen) atoms. The van der Waals surface area contributed by atoms with Crippen molar-refractivity contribution in [2.24, 2.45) is 0 Å². The lowest BCUT2D eigenvalue weighted by molar-refractivity contribution is 0.280. The van der Waals surface area contributed by atoms with Gasteiger partial charge in [-0.15, -0.1) is 0 Å². The van der Waals surface area contributed by atoms with E-state index in [1.165, 1.54) is 7.11 Å². The Morgan fingerprint density at radius 3 is 2.40 bits per heavy atom. The summed E-state index contributed by atoms with van der Waals surface area (Å²) in [4.78, 5) is 0. The largest absolute Gasteiger partial charge is 0.495 e. The fourth-order valence-corrected chi connectivity index (χ4v) is 1.79. The van der Waals surface area contributed by atoms with Crippen LogP contribution in [0.4, 0.5) is 0 Å². The molecule has 0 atom stereocenters. The van der Waals surface area contributed by atoms with Crippen molar-refractivity contribution in [3.63, 3.8) is 0 Å². The number of rotatable bonds is 5. The van der Waals surface area contributed by atoms with Crippen molar-refractivity contribution in [2.75, 3.05) is 7.11 Å². The smallest absolute Gasteiger partial charge is 0.136 e. The standard InChI is InChI=1S/C16H15NO3/c1-19-16-7-4-13(8-14(16)9-17)11-20-15-5-2-12(10-18)3-6-15/h2-8,18H,10-11H2,1H3. The zero-order valence-corrected chi connectivity index (χ0v) is 11.2. The summed E-state index contributed by atoms with van der Waals surface area (Å²) in [6.45, 7) is 0.390. The first-order valence-corrected chi connectivity index (χ1v) is 6.16. The van der Waals surface area contributed by atoms with Crippen LogP contribution in [0.25, 0.3) is 0 Å². The minimum Gasteiger partial charge on any atom is -0.495 e. The lowest BCUT2D eigenvalue weighted by Crippen LogP contribution is -1.97.